The van der Waals surface area contributed by atoms with E-state index < -0.39 is 11.9 Å². The fourth-order valence-corrected chi connectivity index (χ4v) is 9.16. The summed E-state index contributed by atoms with van der Waals surface area (Å²) in [6.07, 6.45) is 7.37. The van der Waals surface area contributed by atoms with Crippen molar-refractivity contribution in [1.29, 1.82) is 0 Å². The number of fused-ring (bicyclic) bond motifs is 1. The van der Waals surface area contributed by atoms with Crippen molar-refractivity contribution in [2.45, 2.75) is 57.8 Å². The van der Waals surface area contributed by atoms with Crippen molar-refractivity contribution in [1.82, 2.24) is 0 Å². The van der Waals surface area contributed by atoms with Gasteiger partial charge in [-0.3, -0.25) is 0 Å². The number of carboxylic acid groups (broad SMARTS) is 2. The second kappa shape index (κ2) is 9.35. The third-order valence-corrected chi connectivity index (χ3v) is 9.77. The Balaban J connectivity index is 1.30. The fraction of sp³-hybridized carbons (Fsp3) is 0.333. The van der Waals surface area contributed by atoms with Gasteiger partial charge in [-0.15, -0.1) is 0 Å². The highest BCUT2D eigenvalue weighted by atomic mass is 16.5. The summed E-state index contributed by atoms with van der Waals surface area (Å²) < 4.78 is 12.7. The Morgan fingerprint density at radius 1 is 0.643 bits per heavy atom. The van der Waals surface area contributed by atoms with Gasteiger partial charge in [0.2, 0.25) is 0 Å². The molecule has 0 saturated heterocycles. The highest BCUT2D eigenvalue weighted by Crippen LogP contribution is 2.70. The third kappa shape index (κ3) is 4.69. The summed E-state index contributed by atoms with van der Waals surface area (Å²) in [7, 11) is 0. The van der Waals surface area contributed by atoms with E-state index in [4.69, 9.17) is 9.47 Å². The van der Waals surface area contributed by atoms with Gasteiger partial charge in [0.1, 0.15) is 23.0 Å². The molecule has 4 bridgehead atoms. The molecule has 0 amide bonds. The first-order valence-electron chi connectivity index (χ1n) is 14.6. The van der Waals surface area contributed by atoms with Crippen LogP contribution in [-0.2, 0) is 5.41 Å². The molecule has 42 heavy (non-hydrogen) atoms. The number of carbonyl (C=O) groups is 2. The van der Waals surface area contributed by atoms with Gasteiger partial charge >= 0.3 is 11.9 Å². The van der Waals surface area contributed by atoms with Crippen molar-refractivity contribution in [3.8, 4) is 23.0 Å². The molecule has 4 aromatic carbocycles. The Hall–Kier alpha value is -4.32. The van der Waals surface area contributed by atoms with E-state index in [1.807, 2.05) is 12.1 Å². The van der Waals surface area contributed by atoms with Crippen LogP contribution in [-0.4, -0.2) is 22.2 Å². The van der Waals surface area contributed by atoms with Crippen LogP contribution in [0, 0.1) is 16.7 Å². The molecular formula is C36H34O6. The van der Waals surface area contributed by atoms with Gasteiger partial charge in [0.05, 0.1) is 11.1 Å². The molecule has 4 aliphatic rings. The van der Waals surface area contributed by atoms with E-state index in [0.717, 1.165) is 35.3 Å². The molecular weight excluding hydrogens is 528 g/mol. The van der Waals surface area contributed by atoms with Crippen LogP contribution < -0.4 is 9.47 Å². The fourth-order valence-electron chi connectivity index (χ4n) is 9.16. The maximum absolute atomic E-state index is 11.4. The molecule has 6 heteroatoms. The molecule has 0 aromatic heterocycles. The van der Waals surface area contributed by atoms with E-state index in [0.29, 0.717) is 28.1 Å². The quantitative estimate of drug-likeness (QED) is 0.233. The predicted octanol–water partition coefficient (Wildman–Crippen LogP) is 9.07. The normalized spacial score (nSPS) is 27.6. The molecule has 2 atom stereocenters. The van der Waals surface area contributed by atoms with Crippen molar-refractivity contribution in [3.05, 3.63) is 95.6 Å². The molecule has 4 fully saturated rings. The standard InChI is InChI=1S/C36H34O6/c1-34-16-22-17-35(2,19-34)21-36(18-22,20-34)30-14-25-7-12-29(41-27-8-3-23(4-9-27)32(37)38)13-26(25)15-31(30)42-28-10-5-24(6-11-28)33(39)40/h3-15,22H,16-21H2,1-2H3,(H,37,38)(H,39,40). The number of hydrogen-bond donors (Lipinski definition) is 2. The first kappa shape index (κ1) is 26.6. The van der Waals surface area contributed by atoms with E-state index in [1.165, 1.54) is 43.4 Å². The minimum atomic E-state index is -0.977. The molecule has 4 aliphatic carbocycles. The highest BCUT2D eigenvalue weighted by Gasteiger charge is 2.61. The second-order valence-corrected chi connectivity index (χ2v) is 13.6. The van der Waals surface area contributed by atoms with Crippen LogP contribution >= 0.6 is 0 Å². The van der Waals surface area contributed by atoms with Crippen LogP contribution in [0.3, 0.4) is 0 Å². The monoisotopic (exact) mass is 562 g/mol. The lowest BCUT2D eigenvalue weighted by molar-refractivity contribution is -0.110. The first-order valence-corrected chi connectivity index (χ1v) is 14.6. The zero-order chi connectivity index (χ0) is 29.3. The van der Waals surface area contributed by atoms with E-state index in [2.05, 4.69) is 32.0 Å². The molecule has 0 spiro atoms. The minimum Gasteiger partial charge on any atom is -0.478 e. The average Bonchev–Trinajstić information content (AvgIpc) is 2.91. The smallest absolute Gasteiger partial charge is 0.335 e. The largest absolute Gasteiger partial charge is 0.478 e. The topological polar surface area (TPSA) is 93.1 Å². The molecule has 214 valence electrons. The molecule has 0 aliphatic heterocycles. The molecule has 2 N–H and O–H groups in total. The van der Waals surface area contributed by atoms with Gasteiger partial charge < -0.3 is 19.7 Å². The predicted molar refractivity (Wildman–Crippen MR) is 160 cm³/mol. The third-order valence-electron chi connectivity index (χ3n) is 9.77. The van der Waals surface area contributed by atoms with Gasteiger partial charge in [-0.1, -0.05) is 19.9 Å². The molecule has 6 nitrogen and oxygen atoms in total. The summed E-state index contributed by atoms with van der Waals surface area (Å²) in [5.41, 5.74) is 2.38. The van der Waals surface area contributed by atoms with Crippen molar-refractivity contribution in [3.63, 3.8) is 0 Å². The number of rotatable bonds is 7. The SMILES string of the molecule is CC12CC3CC(C)(C1)CC(c1cc4ccc(Oc5ccc(C(=O)O)cc5)cc4cc1Oc1ccc(C(=O)O)cc1)(C3)C2. The maximum atomic E-state index is 11.4. The molecule has 4 saturated carbocycles. The van der Waals surface area contributed by atoms with Gasteiger partial charge in [0, 0.05) is 11.0 Å². The van der Waals surface area contributed by atoms with Gasteiger partial charge in [-0.25, -0.2) is 9.59 Å². The lowest BCUT2D eigenvalue weighted by Gasteiger charge is -2.65. The molecule has 8 rings (SSSR count). The van der Waals surface area contributed by atoms with Crippen LogP contribution in [0.5, 0.6) is 23.0 Å². The van der Waals surface area contributed by atoms with Crippen LogP contribution in [0.2, 0.25) is 0 Å². The minimum absolute atomic E-state index is 0.0362. The van der Waals surface area contributed by atoms with Crippen molar-refractivity contribution < 1.29 is 29.3 Å². The molecule has 0 heterocycles. The van der Waals surface area contributed by atoms with Gasteiger partial charge in [0.25, 0.3) is 0 Å². The Bertz CT molecular complexity index is 1700. The summed E-state index contributed by atoms with van der Waals surface area (Å²) in [6, 6.07) is 23.4. The molecule has 4 aromatic rings. The Kier molecular flexibility index (Phi) is 5.91. The summed E-state index contributed by atoms with van der Waals surface area (Å²) in [5.74, 6) is 1.39. The van der Waals surface area contributed by atoms with Gasteiger partial charge in [-0.05, 0) is 139 Å². The van der Waals surface area contributed by atoms with Crippen LogP contribution in [0.25, 0.3) is 10.8 Å². The Morgan fingerprint density at radius 3 is 1.74 bits per heavy atom. The first-order chi connectivity index (χ1) is 20.0. The van der Waals surface area contributed by atoms with Gasteiger partial charge in [-0.2, -0.15) is 0 Å². The number of hydrogen-bond acceptors (Lipinski definition) is 4. The number of benzene rings is 4. The number of carboxylic acids is 2. The highest BCUT2D eigenvalue weighted by molar-refractivity contribution is 5.89. The van der Waals surface area contributed by atoms with Crippen LogP contribution in [0.15, 0.2) is 78.9 Å². The Morgan fingerprint density at radius 2 is 1.19 bits per heavy atom. The lowest BCUT2D eigenvalue weighted by atomic mass is 9.39. The molecule has 0 radical (unpaired) electrons. The summed E-state index contributed by atoms with van der Waals surface area (Å²) in [6.45, 7) is 4.95. The van der Waals surface area contributed by atoms with E-state index >= 15 is 0 Å². The lowest BCUT2D eigenvalue weighted by Crippen LogP contribution is -2.56. The van der Waals surface area contributed by atoms with Gasteiger partial charge in [0.15, 0.2) is 0 Å². The second-order valence-electron chi connectivity index (χ2n) is 13.6. The average molecular weight is 563 g/mol. The number of aromatic carboxylic acids is 2. The number of ether oxygens (including phenoxy) is 2. The van der Waals surface area contributed by atoms with Crippen molar-refractivity contribution in [2.24, 2.45) is 16.7 Å². The zero-order valence-corrected chi connectivity index (χ0v) is 23.9. The van der Waals surface area contributed by atoms with E-state index in [-0.39, 0.29) is 16.5 Å². The summed E-state index contributed by atoms with van der Waals surface area (Å²) >= 11 is 0. The van der Waals surface area contributed by atoms with E-state index in [9.17, 15) is 19.8 Å². The van der Waals surface area contributed by atoms with Crippen molar-refractivity contribution in [2.75, 3.05) is 0 Å². The zero-order valence-electron chi connectivity index (χ0n) is 23.9. The summed E-state index contributed by atoms with van der Waals surface area (Å²) in [4.78, 5) is 22.6. The Labute approximate surface area is 244 Å². The van der Waals surface area contributed by atoms with Crippen LogP contribution in [0.4, 0.5) is 0 Å². The summed E-state index contributed by atoms with van der Waals surface area (Å²) in [5, 5.41) is 20.6. The van der Waals surface area contributed by atoms with Crippen molar-refractivity contribution >= 4 is 22.7 Å². The molecule has 2 unspecified atom stereocenters. The maximum Gasteiger partial charge on any atom is 0.335 e. The van der Waals surface area contributed by atoms with Crippen LogP contribution in [0.1, 0.15) is 78.7 Å². The van der Waals surface area contributed by atoms with E-state index in [1.54, 1.807) is 36.4 Å².